The van der Waals surface area contributed by atoms with Gasteiger partial charge in [0.1, 0.15) is 0 Å². The Balaban J connectivity index is 0.000000336. The van der Waals surface area contributed by atoms with Crippen molar-refractivity contribution in [1.82, 2.24) is 4.90 Å². The minimum Gasteiger partial charge on any atom is -0.338 e. The van der Waals surface area contributed by atoms with Gasteiger partial charge in [-0.2, -0.15) is 0 Å². The molecule has 0 aliphatic carbocycles. The van der Waals surface area contributed by atoms with Crippen LogP contribution < -0.4 is 11.5 Å². The zero-order chi connectivity index (χ0) is 11.5. The van der Waals surface area contributed by atoms with Gasteiger partial charge in [0.25, 0.3) is 0 Å². The SMILES string of the molecule is CCCCN.NCC(=O)N1CC=CCC1. The minimum absolute atomic E-state index is 0.0457. The van der Waals surface area contributed by atoms with Crippen LogP contribution >= 0.6 is 0 Å². The fourth-order valence-corrected chi connectivity index (χ4v) is 1.20. The van der Waals surface area contributed by atoms with Crippen LogP contribution in [0.25, 0.3) is 0 Å². The summed E-state index contributed by atoms with van der Waals surface area (Å²) in [5.74, 6) is 0.0457. The highest BCUT2D eigenvalue weighted by Crippen LogP contribution is 1.99. The van der Waals surface area contributed by atoms with E-state index in [0.717, 1.165) is 26.1 Å². The third kappa shape index (κ3) is 7.11. The molecule has 88 valence electrons. The average Bonchev–Trinajstić information content (AvgIpc) is 2.31. The largest absolute Gasteiger partial charge is 0.338 e. The second-order valence-electron chi connectivity index (χ2n) is 3.45. The van der Waals surface area contributed by atoms with E-state index in [0.29, 0.717) is 0 Å². The number of carbonyl (C=O) groups excluding carboxylic acids is 1. The second-order valence-corrected chi connectivity index (χ2v) is 3.45. The van der Waals surface area contributed by atoms with E-state index in [1.165, 1.54) is 12.8 Å². The number of carbonyl (C=O) groups is 1. The van der Waals surface area contributed by atoms with E-state index in [9.17, 15) is 4.79 Å². The Morgan fingerprint density at radius 1 is 1.40 bits per heavy atom. The van der Waals surface area contributed by atoms with Gasteiger partial charge >= 0.3 is 0 Å². The van der Waals surface area contributed by atoms with E-state index in [-0.39, 0.29) is 12.5 Å². The van der Waals surface area contributed by atoms with Crippen molar-refractivity contribution in [2.24, 2.45) is 11.5 Å². The number of unbranched alkanes of at least 4 members (excludes halogenated alkanes) is 1. The summed E-state index contributed by atoms with van der Waals surface area (Å²) in [4.78, 5) is 12.7. The normalized spacial score (nSPS) is 14.5. The molecule has 0 bridgehead atoms. The lowest BCUT2D eigenvalue weighted by Gasteiger charge is -2.22. The monoisotopic (exact) mass is 213 g/mol. The number of nitrogens with two attached hydrogens (primary N) is 2. The highest BCUT2D eigenvalue weighted by Gasteiger charge is 2.10. The molecule has 1 aliphatic rings. The Hall–Kier alpha value is -0.870. The molecule has 0 aromatic carbocycles. The van der Waals surface area contributed by atoms with Crippen molar-refractivity contribution in [1.29, 1.82) is 0 Å². The molecule has 0 aromatic rings. The van der Waals surface area contributed by atoms with Crippen LogP contribution in [0.1, 0.15) is 26.2 Å². The fourth-order valence-electron chi connectivity index (χ4n) is 1.20. The van der Waals surface area contributed by atoms with Crippen LogP contribution in [0, 0.1) is 0 Å². The van der Waals surface area contributed by atoms with Gasteiger partial charge in [0.2, 0.25) is 5.91 Å². The van der Waals surface area contributed by atoms with Crippen LogP contribution in [0.4, 0.5) is 0 Å². The summed E-state index contributed by atoms with van der Waals surface area (Å²) in [7, 11) is 0. The summed E-state index contributed by atoms with van der Waals surface area (Å²) < 4.78 is 0. The summed E-state index contributed by atoms with van der Waals surface area (Å²) in [6, 6.07) is 0. The molecule has 1 aliphatic heterocycles. The first-order valence-corrected chi connectivity index (χ1v) is 5.59. The van der Waals surface area contributed by atoms with Gasteiger partial charge in [0.05, 0.1) is 6.54 Å². The third-order valence-electron chi connectivity index (χ3n) is 2.14. The number of hydrogen-bond donors (Lipinski definition) is 2. The Kier molecular flexibility index (Phi) is 9.11. The summed E-state index contributed by atoms with van der Waals surface area (Å²) in [6.45, 7) is 4.67. The van der Waals surface area contributed by atoms with Crippen molar-refractivity contribution < 1.29 is 4.79 Å². The molecule has 0 radical (unpaired) electrons. The molecule has 15 heavy (non-hydrogen) atoms. The second kappa shape index (κ2) is 9.68. The molecule has 1 rings (SSSR count). The van der Waals surface area contributed by atoms with Gasteiger partial charge in [0, 0.05) is 13.1 Å². The fraction of sp³-hybridized carbons (Fsp3) is 0.727. The Labute approximate surface area is 92.3 Å². The molecule has 4 nitrogen and oxygen atoms in total. The van der Waals surface area contributed by atoms with Crippen molar-refractivity contribution in [3.63, 3.8) is 0 Å². The summed E-state index contributed by atoms with van der Waals surface area (Å²) in [5, 5.41) is 0. The van der Waals surface area contributed by atoms with Crippen LogP contribution in [-0.2, 0) is 4.79 Å². The van der Waals surface area contributed by atoms with Gasteiger partial charge in [-0.3, -0.25) is 4.79 Å². The van der Waals surface area contributed by atoms with Crippen LogP contribution in [-0.4, -0.2) is 37.0 Å². The first-order chi connectivity index (χ1) is 7.26. The van der Waals surface area contributed by atoms with E-state index in [2.05, 4.69) is 13.0 Å². The topological polar surface area (TPSA) is 72.3 Å². The quantitative estimate of drug-likeness (QED) is 0.670. The van der Waals surface area contributed by atoms with E-state index >= 15 is 0 Å². The van der Waals surface area contributed by atoms with Crippen molar-refractivity contribution in [3.8, 4) is 0 Å². The molecule has 0 unspecified atom stereocenters. The van der Waals surface area contributed by atoms with Crippen LogP contribution in [0.15, 0.2) is 12.2 Å². The van der Waals surface area contributed by atoms with Gasteiger partial charge < -0.3 is 16.4 Å². The number of amides is 1. The van der Waals surface area contributed by atoms with Gasteiger partial charge in [-0.05, 0) is 19.4 Å². The molecule has 0 saturated carbocycles. The Morgan fingerprint density at radius 3 is 2.47 bits per heavy atom. The molecule has 4 heteroatoms. The van der Waals surface area contributed by atoms with E-state index in [1.54, 1.807) is 4.90 Å². The van der Waals surface area contributed by atoms with Crippen molar-refractivity contribution in [2.45, 2.75) is 26.2 Å². The molecule has 0 spiro atoms. The van der Waals surface area contributed by atoms with Gasteiger partial charge in [-0.15, -0.1) is 0 Å². The maximum atomic E-state index is 10.9. The van der Waals surface area contributed by atoms with Crippen LogP contribution in [0.3, 0.4) is 0 Å². The molecule has 0 atom stereocenters. The van der Waals surface area contributed by atoms with Crippen molar-refractivity contribution in [3.05, 3.63) is 12.2 Å². The predicted octanol–water partition coefficient (Wildman–Crippen LogP) is 0.479. The maximum absolute atomic E-state index is 10.9. The molecule has 0 aromatic heterocycles. The first-order valence-electron chi connectivity index (χ1n) is 5.59. The molecule has 4 N–H and O–H groups in total. The van der Waals surface area contributed by atoms with E-state index in [4.69, 9.17) is 11.5 Å². The van der Waals surface area contributed by atoms with Crippen molar-refractivity contribution in [2.75, 3.05) is 26.2 Å². The zero-order valence-electron chi connectivity index (χ0n) is 9.61. The number of hydrogen-bond acceptors (Lipinski definition) is 3. The average molecular weight is 213 g/mol. The van der Waals surface area contributed by atoms with Crippen molar-refractivity contribution >= 4 is 5.91 Å². The Bertz CT molecular complexity index is 190. The van der Waals surface area contributed by atoms with Gasteiger partial charge in [-0.1, -0.05) is 25.5 Å². The highest BCUT2D eigenvalue weighted by atomic mass is 16.2. The van der Waals surface area contributed by atoms with E-state index < -0.39 is 0 Å². The predicted molar refractivity (Wildman–Crippen MR) is 63.4 cm³/mol. The third-order valence-corrected chi connectivity index (χ3v) is 2.14. The molecular formula is C11H23N3O. The van der Waals surface area contributed by atoms with Crippen LogP contribution in [0.2, 0.25) is 0 Å². The minimum atomic E-state index is 0.0457. The maximum Gasteiger partial charge on any atom is 0.236 e. The smallest absolute Gasteiger partial charge is 0.236 e. The highest BCUT2D eigenvalue weighted by molar-refractivity contribution is 5.78. The lowest BCUT2D eigenvalue weighted by atomic mass is 10.2. The van der Waals surface area contributed by atoms with E-state index in [1.807, 2.05) is 6.08 Å². The molecular weight excluding hydrogens is 190 g/mol. The molecule has 0 fully saturated rings. The lowest BCUT2D eigenvalue weighted by molar-refractivity contribution is -0.129. The molecule has 0 saturated heterocycles. The standard InChI is InChI=1S/C7H12N2O.C4H11N/c8-6-7(10)9-4-2-1-3-5-9;1-2-3-4-5/h1-2H,3-6,8H2;2-5H2,1H3. The van der Waals surface area contributed by atoms with Gasteiger partial charge in [-0.25, -0.2) is 0 Å². The lowest BCUT2D eigenvalue weighted by Crippen LogP contribution is -2.37. The molecule has 1 amide bonds. The molecule has 1 heterocycles. The summed E-state index contributed by atoms with van der Waals surface area (Å²) in [6.07, 6.45) is 7.43. The summed E-state index contributed by atoms with van der Waals surface area (Å²) >= 11 is 0. The van der Waals surface area contributed by atoms with Crippen LogP contribution in [0.5, 0.6) is 0 Å². The first kappa shape index (κ1) is 14.1. The number of rotatable bonds is 3. The number of nitrogens with zero attached hydrogens (tertiary/aromatic N) is 1. The Morgan fingerprint density at radius 2 is 2.13 bits per heavy atom. The van der Waals surface area contributed by atoms with Gasteiger partial charge in [0.15, 0.2) is 0 Å². The summed E-state index contributed by atoms with van der Waals surface area (Å²) in [5.41, 5.74) is 10.3. The zero-order valence-corrected chi connectivity index (χ0v) is 9.61.